The van der Waals surface area contributed by atoms with Crippen LogP contribution < -0.4 is 0 Å². The molecule has 0 saturated heterocycles. The molecule has 0 heteroatoms. The molecule has 0 N–H and O–H groups in total. The zero-order valence-electron chi connectivity index (χ0n) is 6.56. The maximum Gasteiger partial charge on any atom is -0.0327 e. The fourth-order valence-corrected chi connectivity index (χ4v) is 1.07. The lowest BCUT2D eigenvalue weighted by molar-refractivity contribution is 0.470. The topological polar surface area (TPSA) is 0 Å². The predicted molar refractivity (Wildman–Crippen MR) is 43.1 cm³/mol. The van der Waals surface area contributed by atoms with Crippen molar-refractivity contribution < 1.29 is 0 Å². The van der Waals surface area contributed by atoms with Crippen molar-refractivity contribution in [3.63, 3.8) is 0 Å². The fraction of sp³-hybridized carbons (Fsp3) is 0.667. The molecule has 0 bridgehead atoms. The predicted octanol–water partition coefficient (Wildman–Crippen LogP) is 3.06. The summed E-state index contributed by atoms with van der Waals surface area (Å²) in [5.41, 5.74) is 0. The minimum absolute atomic E-state index is 0.583. The lowest BCUT2D eigenvalue weighted by atomic mass is 9.96. The average Bonchev–Trinajstić information content (AvgIpc) is 1.63. The number of hydrogen-bond donors (Lipinski definition) is 0. The van der Waals surface area contributed by atoms with Crippen LogP contribution in [0.2, 0.25) is 0 Å². The first kappa shape index (κ1) is 8.74. The van der Waals surface area contributed by atoms with Gasteiger partial charge in [-0.3, -0.25) is 0 Å². The van der Waals surface area contributed by atoms with Crippen LogP contribution in [0.25, 0.3) is 0 Å². The summed E-state index contributed by atoms with van der Waals surface area (Å²) in [5.74, 6) is 1.34. The van der Waals surface area contributed by atoms with E-state index in [0.29, 0.717) is 5.92 Å². The standard InChI is InChI=1S/C9H17/c1-5-6-9(4)7-8(2)3/h5,8-9H,1-2,6-7H2,3-4H3. The van der Waals surface area contributed by atoms with Gasteiger partial charge in [0.2, 0.25) is 0 Å². The number of allylic oxidation sites excluding steroid dienone is 1. The quantitative estimate of drug-likeness (QED) is 0.506. The van der Waals surface area contributed by atoms with Gasteiger partial charge in [0.1, 0.15) is 0 Å². The summed E-state index contributed by atoms with van der Waals surface area (Å²) >= 11 is 0. The Morgan fingerprint density at radius 2 is 2.00 bits per heavy atom. The van der Waals surface area contributed by atoms with Gasteiger partial charge in [0, 0.05) is 0 Å². The summed E-state index contributed by atoms with van der Waals surface area (Å²) in [5, 5.41) is 0. The third-order valence-corrected chi connectivity index (χ3v) is 1.37. The van der Waals surface area contributed by atoms with Gasteiger partial charge in [-0.05, 0) is 24.7 Å². The van der Waals surface area contributed by atoms with E-state index in [2.05, 4.69) is 27.4 Å². The maximum atomic E-state index is 3.93. The van der Waals surface area contributed by atoms with Gasteiger partial charge in [0.25, 0.3) is 0 Å². The van der Waals surface area contributed by atoms with Gasteiger partial charge >= 0.3 is 0 Å². The van der Waals surface area contributed by atoms with E-state index in [9.17, 15) is 0 Å². The Balaban J connectivity index is 3.25. The molecule has 0 aromatic heterocycles. The van der Waals surface area contributed by atoms with Gasteiger partial charge < -0.3 is 0 Å². The van der Waals surface area contributed by atoms with Crippen LogP contribution in [0.5, 0.6) is 0 Å². The van der Waals surface area contributed by atoms with E-state index in [0.717, 1.165) is 12.3 Å². The van der Waals surface area contributed by atoms with Crippen LogP contribution in [-0.4, -0.2) is 0 Å². The normalized spacial score (nSPS) is 13.8. The first-order valence-electron chi connectivity index (χ1n) is 3.60. The Hall–Kier alpha value is -0.260. The van der Waals surface area contributed by atoms with Crippen LogP contribution in [-0.2, 0) is 0 Å². The van der Waals surface area contributed by atoms with Gasteiger partial charge in [-0.2, -0.15) is 0 Å². The van der Waals surface area contributed by atoms with E-state index in [4.69, 9.17) is 0 Å². The van der Waals surface area contributed by atoms with Crippen LogP contribution in [0.4, 0.5) is 0 Å². The Morgan fingerprint density at radius 3 is 2.33 bits per heavy atom. The molecule has 0 aliphatic rings. The van der Waals surface area contributed by atoms with Crippen molar-refractivity contribution >= 4 is 0 Å². The van der Waals surface area contributed by atoms with Crippen molar-refractivity contribution in [3.05, 3.63) is 19.6 Å². The second kappa shape index (κ2) is 4.60. The molecule has 0 spiro atoms. The Morgan fingerprint density at radius 1 is 1.44 bits per heavy atom. The second-order valence-electron chi connectivity index (χ2n) is 2.97. The molecule has 0 amide bonds. The van der Waals surface area contributed by atoms with E-state index in [-0.39, 0.29) is 0 Å². The van der Waals surface area contributed by atoms with Gasteiger partial charge in [-0.15, -0.1) is 6.58 Å². The van der Waals surface area contributed by atoms with Crippen LogP contribution in [0.3, 0.4) is 0 Å². The largest absolute Gasteiger partial charge is 0.103 e. The molecule has 0 aliphatic heterocycles. The van der Waals surface area contributed by atoms with E-state index < -0.39 is 0 Å². The maximum absolute atomic E-state index is 3.93. The number of rotatable bonds is 4. The van der Waals surface area contributed by atoms with Crippen LogP contribution in [0.15, 0.2) is 12.7 Å². The van der Waals surface area contributed by atoms with E-state index in [1.807, 2.05) is 6.08 Å². The molecule has 0 aliphatic carbocycles. The molecule has 0 aromatic rings. The molecule has 0 heterocycles. The molecule has 0 nitrogen and oxygen atoms in total. The molecular formula is C9H17. The van der Waals surface area contributed by atoms with Crippen molar-refractivity contribution in [2.75, 3.05) is 0 Å². The van der Waals surface area contributed by atoms with Gasteiger partial charge in [0.15, 0.2) is 0 Å². The van der Waals surface area contributed by atoms with E-state index in [1.165, 1.54) is 6.42 Å². The van der Waals surface area contributed by atoms with Gasteiger partial charge in [-0.25, -0.2) is 0 Å². The molecule has 0 aromatic carbocycles. The first-order valence-corrected chi connectivity index (χ1v) is 3.60. The summed E-state index contributed by atoms with van der Waals surface area (Å²) < 4.78 is 0. The van der Waals surface area contributed by atoms with Crippen molar-refractivity contribution in [2.24, 2.45) is 11.8 Å². The zero-order valence-corrected chi connectivity index (χ0v) is 6.56. The summed E-state index contributed by atoms with van der Waals surface area (Å²) in [4.78, 5) is 0. The van der Waals surface area contributed by atoms with Gasteiger partial charge in [-0.1, -0.05) is 26.8 Å². The molecule has 1 radical (unpaired) electrons. The Bertz CT molecular complexity index is 72.1. The molecule has 53 valence electrons. The second-order valence-corrected chi connectivity index (χ2v) is 2.97. The fourth-order valence-electron chi connectivity index (χ4n) is 1.07. The SMILES string of the molecule is [CH2]C(C)CC(C)CC=C. The van der Waals surface area contributed by atoms with E-state index >= 15 is 0 Å². The third kappa shape index (κ3) is 5.61. The smallest absolute Gasteiger partial charge is 0.0327 e. The third-order valence-electron chi connectivity index (χ3n) is 1.37. The lowest BCUT2D eigenvalue weighted by Gasteiger charge is -2.10. The average molecular weight is 125 g/mol. The zero-order chi connectivity index (χ0) is 7.28. The monoisotopic (exact) mass is 125 g/mol. The lowest BCUT2D eigenvalue weighted by Crippen LogP contribution is -1.98. The van der Waals surface area contributed by atoms with Crippen LogP contribution in [0.1, 0.15) is 26.7 Å². The first-order chi connectivity index (χ1) is 4.16. The minimum atomic E-state index is 0.583. The van der Waals surface area contributed by atoms with Crippen molar-refractivity contribution in [2.45, 2.75) is 26.7 Å². The summed E-state index contributed by atoms with van der Waals surface area (Å²) in [6.45, 7) is 12.0. The Kier molecular flexibility index (Phi) is 4.47. The summed E-state index contributed by atoms with van der Waals surface area (Å²) in [6, 6.07) is 0. The van der Waals surface area contributed by atoms with Crippen molar-refractivity contribution in [3.8, 4) is 0 Å². The molecule has 0 saturated carbocycles. The highest BCUT2D eigenvalue weighted by Gasteiger charge is 2.01. The highest BCUT2D eigenvalue weighted by Crippen LogP contribution is 2.13. The number of hydrogen-bond acceptors (Lipinski definition) is 0. The highest BCUT2D eigenvalue weighted by atomic mass is 14.1. The minimum Gasteiger partial charge on any atom is -0.103 e. The highest BCUT2D eigenvalue weighted by molar-refractivity contribution is 4.72. The molecule has 9 heavy (non-hydrogen) atoms. The van der Waals surface area contributed by atoms with E-state index in [1.54, 1.807) is 0 Å². The molecule has 0 rings (SSSR count). The molecular weight excluding hydrogens is 108 g/mol. The summed E-state index contributed by atoms with van der Waals surface area (Å²) in [6.07, 6.45) is 4.32. The molecule has 2 unspecified atom stereocenters. The van der Waals surface area contributed by atoms with Crippen LogP contribution >= 0.6 is 0 Å². The summed E-state index contributed by atoms with van der Waals surface area (Å²) in [7, 11) is 0. The Labute approximate surface area is 59.0 Å². The molecule has 0 fully saturated rings. The van der Waals surface area contributed by atoms with Gasteiger partial charge in [0.05, 0.1) is 0 Å². The van der Waals surface area contributed by atoms with Crippen LogP contribution in [0, 0.1) is 18.8 Å². The van der Waals surface area contributed by atoms with Crippen molar-refractivity contribution in [1.29, 1.82) is 0 Å². The van der Waals surface area contributed by atoms with Crippen molar-refractivity contribution in [1.82, 2.24) is 0 Å². The molecule has 2 atom stereocenters.